The molecule has 0 aliphatic rings. The van der Waals surface area contributed by atoms with Gasteiger partial charge in [-0.15, -0.1) is 0 Å². The number of fused-ring (bicyclic) bond motifs is 1. The van der Waals surface area contributed by atoms with Gasteiger partial charge in [0.2, 0.25) is 4.96 Å². The van der Waals surface area contributed by atoms with Crippen molar-refractivity contribution in [1.29, 1.82) is 5.26 Å². The molecular weight excluding hydrogens is 284 g/mol. The maximum atomic E-state index is 9.13. The molecule has 0 spiro atoms. The van der Waals surface area contributed by atoms with E-state index in [1.165, 1.54) is 11.3 Å². The summed E-state index contributed by atoms with van der Waals surface area (Å²) in [6.07, 6.45) is 0.727. The molecule has 0 bridgehead atoms. The van der Waals surface area contributed by atoms with Crippen LogP contribution in [0.5, 0.6) is 5.75 Å². The molecule has 0 saturated heterocycles. The molecule has 0 aliphatic heterocycles. The zero-order valence-corrected chi connectivity index (χ0v) is 12.6. The van der Waals surface area contributed by atoms with Gasteiger partial charge in [0.05, 0.1) is 12.3 Å². The Morgan fingerprint density at radius 3 is 2.76 bits per heavy atom. The Bertz CT molecular complexity index is 811. The number of benzene rings is 1. The quantitative estimate of drug-likeness (QED) is 0.743. The number of hydrogen-bond donors (Lipinski definition) is 0. The predicted octanol–water partition coefficient (Wildman–Crippen LogP) is 2.96. The lowest BCUT2D eigenvalue weighted by molar-refractivity contribution is 0.340. The summed E-state index contributed by atoms with van der Waals surface area (Å²) in [5.41, 5.74) is 2.40. The molecule has 1 aromatic carbocycles. The van der Waals surface area contributed by atoms with Crippen LogP contribution in [0, 0.1) is 18.3 Å². The Kier molecular flexibility index (Phi) is 3.59. The average Bonchev–Trinajstić information content (AvgIpc) is 2.97. The van der Waals surface area contributed by atoms with E-state index in [0.717, 1.165) is 33.4 Å². The van der Waals surface area contributed by atoms with Crippen molar-refractivity contribution in [3.05, 3.63) is 46.2 Å². The van der Waals surface area contributed by atoms with Gasteiger partial charge in [-0.25, -0.2) is 4.98 Å². The fourth-order valence-corrected chi connectivity index (χ4v) is 3.11. The number of imidazole rings is 1. The molecule has 0 saturated carbocycles. The molecule has 106 valence electrons. The molecule has 0 radical (unpaired) electrons. The molecule has 0 unspecified atom stereocenters. The fourth-order valence-electron chi connectivity index (χ4n) is 2.13. The van der Waals surface area contributed by atoms with Gasteiger partial charge < -0.3 is 4.74 Å². The molecule has 2 aromatic heterocycles. The summed E-state index contributed by atoms with van der Waals surface area (Å²) in [6.45, 7) is 4.46. The third kappa shape index (κ3) is 2.60. The van der Waals surface area contributed by atoms with Crippen LogP contribution in [0.4, 0.5) is 0 Å². The summed E-state index contributed by atoms with van der Waals surface area (Å²) in [4.78, 5) is 5.13. The van der Waals surface area contributed by atoms with Crippen LogP contribution in [0.3, 0.4) is 0 Å². The molecule has 0 atom stereocenters. The van der Waals surface area contributed by atoms with Crippen LogP contribution in [0.2, 0.25) is 0 Å². The van der Waals surface area contributed by atoms with Gasteiger partial charge in [-0.05, 0) is 31.5 Å². The van der Waals surface area contributed by atoms with E-state index in [1.54, 1.807) is 4.52 Å². The summed E-state index contributed by atoms with van der Waals surface area (Å²) in [7, 11) is 0. The molecule has 3 rings (SSSR count). The number of nitrogens with zero attached hydrogens (tertiary/aromatic N) is 4. The van der Waals surface area contributed by atoms with Crippen LogP contribution in [0.25, 0.3) is 4.96 Å². The minimum atomic E-state index is 0.513. The van der Waals surface area contributed by atoms with Gasteiger partial charge in [0.15, 0.2) is 5.69 Å². The van der Waals surface area contributed by atoms with Crippen LogP contribution < -0.4 is 4.74 Å². The lowest BCUT2D eigenvalue weighted by atomic mass is 10.1. The summed E-state index contributed by atoms with van der Waals surface area (Å²) in [5.74, 6) is 0.873. The Labute approximate surface area is 126 Å². The van der Waals surface area contributed by atoms with Gasteiger partial charge in [-0.2, -0.15) is 14.9 Å². The van der Waals surface area contributed by atoms with Crippen LogP contribution in [0.15, 0.2) is 24.3 Å². The highest BCUT2D eigenvalue weighted by molar-refractivity contribution is 7.16. The van der Waals surface area contributed by atoms with Crippen LogP contribution in [0.1, 0.15) is 28.9 Å². The Morgan fingerprint density at radius 2 is 2.10 bits per heavy atom. The highest BCUT2D eigenvalue weighted by Crippen LogP contribution is 2.21. The summed E-state index contributed by atoms with van der Waals surface area (Å²) in [6, 6.07) is 10.1. The van der Waals surface area contributed by atoms with Crippen LogP contribution in [-0.4, -0.2) is 21.2 Å². The van der Waals surface area contributed by atoms with E-state index in [-0.39, 0.29) is 0 Å². The van der Waals surface area contributed by atoms with E-state index in [2.05, 4.69) is 16.2 Å². The van der Waals surface area contributed by atoms with Gasteiger partial charge in [-0.3, -0.25) is 0 Å². The largest absolute Gasteiger partial charge is 0.494 e. The summed E-state index contributed by atoms with van der Waals surface area (Å²) >= 11 is 1.52. The molecule has 6 heteroatoms. The number of aromatic nitrogens is 3. The maximum absolute atomic E-state index is 9.13. The average molecular weight is 298 g/mol. The van der Waals surface area contributed by atoms with Crippen molar-refractivity contribution in [3.63, 3.8) is 0 Å². The molecule has 0 amide bonds. The molecule has 5 nitrogen and oxygen atoms in total. The second kappa shape index (κ2) is 5.54. The topological polar surface area (TPSA) is 63.2 Å². The van der Waals surface area contributed by atoms with Crippen molar-refractivity contribution >= 4 is 16.3 Å². The van der Waals surface area contributed by atoms with E-state index in [4.69, 9.17) is 10.00 Å². The maximum Gasteiger partial charge on any atom is 0.213 e. The van der Waals surface area contributed by atoms with Gasteiger partial charge >= 0.3 is 0 Å². The Morgan fingerprint density at radius 1 is 1.33 bits per heavy atom. The minimum Gasteiger partial charge on any atom is -0.494 e. The third-order valence-electron chi connectivity index (χ3n) is 3.12. The highest BCUT2D eigenvalue weighted by Gasteiger charge is 2.13. The molecule has 3 aromatic rings. The normalized spacial score (nSPS) is 10.7. The van der Waals surface area contributed by atoms with Gasteiger partial charge in [0.25, 0.3) is 0 Å². The van der Waals surface area contributed by atoms with Crippen molar-refractivity contribution < 1.29 is 4.74 Å². The van der Waals surface area contributed by atoms with Gasteiger partial charge in [-0.1, -0.05) is 23.5 Å². The number of nitriles is 1. The van der Waals surface area contributed by atoms with E-state index in [1.807, 2.05) is 38.1 Å². The van der Waals surface area contributed by atoms with Crippen LogP contribution >= 0.6 is 11.3 Å². The molecule has 0 fully saturated rings. The Balaban J connectivity index is 1.84. The second-order valence-electron chi connectivity index (χ2n) is 4.60. The fraction of sp³-hybridized carbons (Fsp3) is 0.267. The zero-order chi connectivity index (χ0) is 14.8. The van der Waals surface area contributed by atoms with Gasteiger partial charge in [0, 0.05) is 6.42 Å². The molecule has 0 N–H and O–H groups in total. The lowest BCUT2D eigenvalue weighted by Gasteiger charge is -2.03. The first-order valence-corrected chi connectivity index (χ1v) is 7.49. The lowest BCUT2D eigenvalue weighted by Crippen LogP contribution is -1.94. The van der Waals surface area contributed by atoms with Crippen LogP contribution in [-0.2, 0) is 6.42 Å². The first-order chi connectivity index (χ1) is 10.2. The molecule has 2 heterocycles. The van der Waals surface area contributed by atoms with Gasteiger partial charge in [0.1, 0.15) is 16.8 Å². The van der Waals surface area contributed by atoms with E-state index in [0.29, 0.717) is 12.3 Å². The zero-order valence-electron chi connectivity index (χ0n) is 11.8. The third-order valence-corrected chi connectivity index (χ3v) is 4.02. The van der Waals surface area contributed by atoms with Crippen molar-refractivity contribution in [2.75, 3.05) is 6.61 Å². The van der Waals surface area contributed by atoms with Crippen molar-refractivity contribution in [2.45, 2.75) is 20.3 Å². The predicted molar refractivity (Wildman–Crippen MR) is 80.7 cm³/mol. The Hall–Kier alpha value is -2.39. The van der Waals surface area contributed by atoms with Crippen molar-refractivity contribution in [2.24, 2.45) is 0 Å². The number of aryl methyl sites for hydroxylation is 1. The second-order valence-corrected chi connectivity index (χ2v) is 5.64. The van der Waals surface area contributed by atoms with E-state index in [9.17, 15) is 0 Å². The highest BCUT2D eigenvalue weighted by atomic mass is 32.1. The number of hydrogen-bond acceptors (Lipinski definition) is 5. The van der Waals surface area contributed by atoms with E-state index < -0.39 is 0 Å². The smallest absolute Gasteiger partial charge is 0.213 e. The summed E-state index contributed by atoms with van der Waals surface area (Å²) in [5, 5.41) is 14.5. The van der Waals surface area contributed by atoms with Crippen molar-refractivity contribution in [1.82, 2.24) is 14.6 Å². The SMILES string of the molecule is CCOc1ccc(Cc2nn3c(C#N)c(C)nc3s2)cc1. The minimum absolute atomic E-state index is 0.513. The molecule has 21 heavy (non-hydrogen) atoms. The number of rotatable bonds is 4. The first-order valence-electron chi connectivity index (χ1n) is 6.68. The molecule has 0 aliphatic carbocycles. The monoisotopic (exact) mass is 298 g/mol. The molecular formula is C15H14N4OS. The van der Waals surface area contributed by atoms with Crippen molar-refractivity contribution in [3.8, 4) is 11.8 Å². The number of ether oxygens (including phenoxy) is 1. The first kappa shape index (κ1) is 13.6. The van der Waals surface area contributed by atoms with E-state index >= 15 is 0 Å². The summed E-state index contributed by atoms with van der Waals surface area (Å²) < 4.78 is 7.06. The standard InChI is InChI=1S/C15H14N4OS/c1-3-20-12-6-4-11(5-7-12)8-14-18-19-13(9-16)10(2)17-15(19)21-14/h4-7H,3,8H2,1-2H3.